The molecule has 1 aromatic heterocycles. The number of primary sulfonamides is 1. The number of nitrogens with two attached hydrogens (primary N) is 1. The van der Waals surface area contributed by atoms with Gasteiger partial charge in [0.25, 0.3) is 0 Å². The van der Waals surface area contributed by atoms with Crippen LogP contribution in [0.25, 0.3) is 10.2 Å². The minimum atomic E-state index is -3.83. The molecule has 2 aromatic carbocycles. The van der Waals surface area contributed by atoms with Gasteiger partial charge in [0, 0.05) is 23.9 Å². The van der Waals surface area contributed by atoms with Gasteiger partial charge >= 0.3 is 0 Å². The number of carbonyl (C=O) groups excluding carboxylic acids is 1. The van der Waals surface area contributed by atoms with E-state index in [0.29, 0.717) is 28.2 Å². The zero-order chi connectivity index (χ0) is 23.8. The number of aromatic nitrogens is 1. The van der Waals surface area contributed by atoms with E-state index in [0.717, 1.165) is 16.2 Å². The van der Waals surface area contributed by atoms with E-state index in [2.05, 4.69) is 10.3 Å². The molecule has 2 heterocycles. The standard InChI is InChI=1S/C20H22N4O5S4/c1-30-14-2-4-15(5-3-14)33(28,29)24-10-8-13(9-11-24)19(25)23-20-22-17-7-6-16(32(21,26)27)12-18(17)31-20/h2-7,12-13H,8-11H2,1H3,(H2,21,26,27)(H,22,23,25). The molecule has 1 aliphatic heterocycles. The molecule has 1 saturated heterocycles. The van der Waals surface area contributed by atoms with Gasteiger partial charge in [-0.3, -0.25) is 4.79 Å². The van der Waals surface area contributed by atoms with Gasteiger partial charge < -0.3 is 5.32 Å². The SMILES string of the molecule is CSc1ccc(S(=O)(=O)N2CCC(C(=O)Nc3nc4ccc(S(N)(=O)=O)cc4s3)CC2)cc1. The van der Waals surface area contributed by atoms with Crippen LogP contribution in [0.1, 0.15) is 12.8 Å². The van der Waals surface area contributed by atoms with Crippen molar-refractivity contribution < 1.29 is 21.6 Å². The highest BCUT2D eigenvalue weighted by atomic mass is 32.2. The Kier molecular flexibility index (Phi) is 6.80. The highest BCUT2D eigenvalue weighted by Gasteiger charge is 2.32. The summed E-state index contributed by atoms with van der Waals surface area (Å²) in [5.74, 6) is -0.579. The Labute approximate surface area is 200 Å². The summed E-state index contributed by atoms with van der Waals surface area (Å²) in [4.78, 5) is 18.3. The van der Waals surface area contributed by atoms with E-state index in [9.17, 15) is 21.6 Å². The molecule has 0 radical (unpaired) electrons. The number of nitrogens with zero attached hydrogens (tertiary/aromatic N) is 2. The topological polar surface area (TPSA) is 140 Å². The van der Waals surface area contributed by atoms with Gasteiger partial charge in [0.1, 0.15) is 0 Å². The number of hydrogen-bond donors (Lipinski definition) is 2. The van der Waals surface area contributed by atoms with E-state index in [1.807, 2.05) is 6.26 Å². The average Bonchev–Trinajstić information content (AvgIpc) is 3.20. The summed E-state index contributed by atoms with van der Waals surface area (Å²) >= 11 is 2.70. The Bertz CT molecular complexity index is 1390. The third-order valence-electron chi connectivity index (χ3n) is 5.44. The van der Waals surface area contributed by atoms with E-state index in [1.165, 1.54) is 22.5 Å². The van der Waals surface area contributed by atoms with Crippen molar-refractivity contribution in [3.63, 3.8) is 0 Å². The normalized spacial score (nSPS) is 16.2. The number of hydrogen-bond acceptors (Lipinski definition) is 8. The maximum atomic E-state index is 12.9. The van der Waals surface area contributed by atoms with Gasteiger partial charge in [-0.15, -0.1) is 11.8 Å². The first-order valence-corrected chi connectivity index (χ1v) is 15.0. The molecule has 3 aromatic rings. The van der Waals surface area contributed by atoms with Crippen molar-refractivity contribution in [1.82, 2.24) is 9.29 Å². The Balaban J connectivity index is 1.40. The van der Waals surface area contributed by atoms with Crippen molar-refractivity contribution in [3.05, 3.63) is 42.5 Å². The number of benzene rings is 2. The van der Waals surface area contributed by atoms with E-state index >= 15 is 0 Å². The number of fused-ring (bicyclic) bond motifs is 1. The molecule has 0 spiro atoms. The molecule has 176 valence electrons. The predicted molar refractivity (Wildman–Crippen MR) is 129 cm³/mol. The lowest BCUT2D eigenvalue weighted by Crippen LogP contribution is -2.41. The number of thioether (sulfide) groups is 1. The van der Waals surface area contributed by atoms with Crippen molar-refractivity contribution in [2.24, 2.45) is 11.1 Å². The number of thiazole rings is 1. The first-order valence-electron chi connectivity index (χ1n) is 9.96. The summed E-state index contributed by atoms with van der Waals surface area (Å²) in [6.45, 7) is 0.504. The minimum absolute atomic E-state index is 0.0202. The molecule has 0 saturated carbocycles. The molecule has 3 N–H and O–H groups in total. The average molecular weight is 527 g/mol. The van der Waals surface area contributed by atoms with Crippen LogP contribution in [0.4, 0.5) is 5.13 Å². The summed E-state index contributed by atoms with van der Waals surface area (Å²) in [5.41, 5.74) is 0.552. The van der Waals surface area contributed by atoms with Crippen molar-refractivity contribution in [2.45, 2.75) is 27.5 Å². The fraction of sp³-hybridized carbons (Fsp3) is 0.300. The molecule has 1 fully saturated rings. The van der Waals surface area contributed by atoms with Gasteiger partial charge in [0.05, 0.1) is 20.0 Å². The van der Waals surface area contributed by atoms with Crippen LogP contribution in [0.3, 0.4) is 0 Å². The Hall–Kier alpha value is -2.03. The quantitative estimate of drug-likeness (QED) is 0.471. The number of sulfonamides is 2. The first-order chi connectivity index (χ1) is 15.6. The first kappa shape index (κ1) is 24.1. The van der Waals surface area contributed by atoms with Crippen molar-refractivity contribution in [2.75, 3.05) is 24.7 Å². The number of piperidine rings is 1. The summed E-state index contributed by atoms with van der Waals surface area (Å²) in [6, 6.07) is 11.1. The largest absolute Gasteiger partial charge is 0.302 e. The molecule has 0 aliphatic carbocycles. The zero-order valence-corrected chi connectivity index (χ0v) is 20.9. The summed E-state index contributed by atoms with van der Waals surface area (Å²) in [5, 5.41) is 8.29. The molecule has 13 heteroatoms. The van der Waals surface area contributed by atoms with Crippen LogP contribution < -0.4 is 10.5 Å². The lowest BCUT2D eigenvalue weighted by atomic mass is 9.97. The summed E-state index contributed by atoms with van der Waals surface area (Å²) < 4.78 is 50.9. The maximum Gasteiger partial charge on any atom is 0.243 e. The third-order valence-corrected chi connectivity index (χ3v) is 9.94. The van der Waals surface area contributed by atoms with Crippen molar-refractivity contribution in [3.8, 4) is 0 Å². The lowest BCUT2D eigenvalue weighted by Gasteiger charge is -2.30. The molecule has 1 aliphatic rings. The molecule has 0 unspecified atom stereocenters. The highest BCUT2D eigenvalue weighted by Crippen LogP contribution is 2.30. The van der Waals surface area contributed by atoms with Gasteiger partial charge in [0.2, 0.25) is 26.0 Å². The zero-order valence-electron chi connectivity index (χ0n) is 17.6. The van der Waals surface area contributed by atoms with E-state index < -0.39 is 20.0 Å². The number of rotatable bonds is 6. The second kappa shape index (κ2) is 9.31. The number of anilines is 1. The minimum Gasteiger partial charge on any atom is -0.302 e. The van der Waals surface area contributed by atoms with Crippen LogP contribution in [0.15, 0.2) is 57.2 Å². The van der Waals surface area contributed by atoms with Crippen LogP contribution >= 0.6 is 23.1 Å². The number of nitrogens with one attached hydrogen (secondary N) is 1. The molecule has 0 bridgehead atoms. The fourth-order valence-corrected chi connectivity index (χ4v) is 7.00. The number of carbonyl (C=O) groups is 1. The Morgan fingerprint density at radius 3 is 2.33 bits per heavy atom. The van der Waals surface area contributed by atoms with Crippen molar-refractivity contribution in [1.29, 1.82) is 0 Å². The third kappa shape index (κ3) is 5.23. The molecule has 33 heavy (non-hydrogen) atoms. The highest BCUT2D eigenvalue weighted by molar-refractivity contribution is 7.98. The van der Waals surface area contributed by atoms with Gasteiger partial charge in [-0.25, -0.2) is 27.0 Å². The monoisotopic (exact) mass is 526 g/mol. The molecule has 1 amide bonds. The van der Waals surface area contributed by atoms with Crippen molar-refractivity contribution >= 4 is 64.4 Å². The van der Waals surface area contributed by atoms with Gasteiger partial charge in [-0.1, -0.05) is 11.3 Å². The van der Waals surface area contributed by atoms with Crippen LogP contribution in [-0.4, -0.2) is 51.4 Å². The molecular weight excluding hydrogens is 505 g/mol. The number of amides is 1. The summed E-state index contributed by atoms with van der Waals surface area (Å²) in [6.07, 6.45) is 2.72. The lowest BCUT2D eigenvalue weighted by molar-refractivity contribution is -0.120. The summed E-state index contributed by atoms with van der Waals surface area (Å²) in [7, 11) is -7.44. The van der Waals surface area contributed by atoms with Crippen LogP contribution in [0, 0.1) is 5.92 Å². The van der Waals surface area contributed by atoms with Gasteiger partial charge in [-0.05, 0) is 61.6 Å². The Morgan fingerprint density at radius 1 is 1.09 bits per heavy atom. The molecule has 4 rings (SSSR count). The van der Waals surface area contributed by atoms with E-state index in [-0.39, 0.29) is 34.7 Å². The predicted octanol–water partition coefficient (Wildman–Crippen LogP) is 2.71. The van der Waals surface area contributed by atoms with E-state index in [1.54, 1.807) is 36.0 Å². The smallest absolute Gasteiger partial charge is 0.243 e. The second-order valence-electron chi connectivity index (χ2n) is 7.54. The van der Waals surface area contributed by atoms with E-state index in [4.69, 9.17) is 5.14 Å². The maximum absolute atomic E-state index is 12.9. The van der Waals surface area contributed by atoms with Crippen LogP contribution in [0.2, 0.25) is 0 Å². The van der Waals surface area contributed by atoms with Crippen LogP contribution in [-0.2, 0) is 24.8 Å². The molecular formula is C20H22N4O5S4. The Morgan fingerprint density at radius 2 is 1.73 bits per heavy atom. The van der Waals surface area contributed by atoms with Gasteiger partial charge in [-0.2, -0.15) is 4.31 Å². The van der Waals surface area contributed by atoms with Gasteiger partial charge in [0.15, 0.2) is 5.13 Å². The fourth-order valence-electron chi connectivity index (χ4n) is 3.60. The van der Waals surface area contributed by atoms with Crippen LogP contribution in [0.5, 0.6) is 0 Å². The molecule has 9 nitrogen and oxygen atoms in total. The second-order valence-corrected chi connectivity index (χ2v) is 12.9. The molecule has 0 atom stereocenters.